The molecule has 19 heavy (non-hydrogen) atoms. The highest BCUT2D eigenvalue weighted by molar-refractivity contribution is 5.73. The van der Waals surface area contributed by atoms with Gasteiger partial charge in [-0.3, -0.25) is 14.9 Å². The molecule has 0 amide bonds. The van der Waals surface area contributed by atoms with Gasteiger partial charge < -0.3 is 10.4 Å². The van der Waals surface area contributed by atoms with Gasteiger partial charge in [-0.25, -0.2) is 0 Å². The van der Waals surface area contributed by atoms with Gasteiger partial charge in [-0.15, -0.1) is 0 Å². The molecule has 0 saturated heterocycles. The van der Waals surface area contributed by atoms with E-state index >= 15 is 0 Å². The summed E-state index contributed by atoms with van der Waals surface area (Å²) < 4.78 is 0. The average molecular weight is 266 g/mol. The minimum atomic E-state index is -0.862. The molecular weight excluding hydrogens is 248 g/mol. The van der Waals surface area contributed by atoms with Crippen LogP contribution in [-0.2, 0) is 11.2 Å². The summed E-state index contributed by atoms with van der Waals surface area (Å²) in [4.78, 5) is 21.0. The molecule has 0 aliphatic rings. The number of hydrogen-bond acceptors (Lipinski definition) is 4. The largest absolute Gasteiger partial charge is 0.480 e. The van der Waals surface area contributed by atoms with Gasteiger partial charge in [-0.05, 0) is 24.4 Å². The van der Waals surface area contributed by atoms with Crippen LogP contribution in [0.4, 0.5) is 5.69 Å². The second-order valence-electron chi connectivity index (χ2n) is 4.69. The SMILES string of the molecule is CC(C)C(NCCc1ccc([N+](=O)[O-])cc1)C(=O)O. The third-order valence-electron chi connectivity index (χ3n) is 2.86. The third-order valence-corrected chi connectivity index (χ3v) is 2.86. The summed E-state index contributed by atoms with van der Waals surface area (Å²) in [6, 6.07) is 5.70. The van der Waals surface area contributed by atoms with Gasteiger partial charge >= 0.3 is 5.97 Å². The standard InChI is InChI=1S/C13H18N2O4/c1-9(2)12(13(16)17)14-8-7-10-3-5-11(6-4-10)15(18)19/h3-6,9,12,14H,7-8H2,1-2H3,(H,16,17). The molecule has 2 N–H and O–H groups in total. The second kappa shape index (κ2) is 6.84. The highest BCUT2D eigenvalue weighted by Crippen LogP contribution is 2.12. The number of carboxylic acids is 1. The van der Waals surface area contributed by atoms with Gasteiger partial charge in [0.1, 0.15) is 6.04 Å². The van der Waals surface area contributed by atoms with Crippen molar-refractivity contribution in [3.8, 4) is 0 Å². The fourth-order valence-electron chi connectivity index (χ4n) is 1.76. The summed E-state index contributed by atoms with van der Waals surface area (Å²) >= 11 is 0. The van der Waals surface area contributed by atoms with Crippen molar-refractivity contribution in [2.45, 2.75) is 26.3 Å². The summed E-state index contributed by atoms with van der Waals surface area (Å²) in [7, 11) is 0. The van der Waals surface area contributed by atoms with Crippen LogP contribution >= 0.6 is 0 Å². The first kappa shape index (κ1) is 15.1. The van der Waals surface area contributed by atoms with E-state index in [9.17, 15) is 14.9 Å². The summed E-state index contributed by atoms with van der Waals surface area (Å²) in [6.45, 7) is 4.21. The van der Waals surface area contributed by atoms with Crippen LogP contribution in [0.3, 0.4) is 0 Å². The molecule has 0 aliphatic heterocycles. The van der Waals surface area contributed by atoms with Crippen molar-refractivity contribution < 1.29 is 14.8 Å². The monoisotopic (exact) mass is 266 g/mol. The number of hydrogen-bond donors (Lipinski definition) is 2. The molecule has 0 fully saturated rings. The highest BCUT2D eigenvalue weighted by atomic mass is 16.6. The number of nitro groups is 1. The first-order valence-electron chi connectivity index (χ1n) is 6.11. The Hall–Kier alpha value is -1.95. The van der Waals surface area contributed by atoms with Gasteiger partial charge in [0.05, 0.1) is 4.92 Å². The number of benzene rings is 1. The highest BCUT2D eigenvalue weighted by Gasteiger charge is 2.19. The zero-order valence-electron chi connectivity index (χ0n) is 11.0. The van der Waals surface area contributed by atoms with E-state index in [-0.39, 0.29) is 11.6 Å². The maximum atomic E-state index is 11.0. The summed E-state index contributed by atoms with van der Waals surface area (Å²) in [5.74, 6) is -0.854. The Labute approximate surface area is 111 Å². The number of non-ortho nitro benzene ring substituents is 1. The van der Waals surface area contributed by atoms with Crippen LogP contribution < -0.4 is 5.32 Å². The summed E-state index contributed by atoms with van der Waals surface area (Å²) in [5, 5.41) is 22.5. The summed E-state index contributed by atoms with van der Waals surface area (Å²) in [5.41, 5.74) is 0.994. The fraction of sp³-hybridized carbons (Fsp3) is 0.462. The van der Waals surface area contributed by atoms with Crippen molar-refractivity contribution in [1.29, 1.82) is 0 Å². The van der Waals surface area contributed by atoms with Gasteiger partial charge in [-0.1, -0.05) is 26.0 Å². The number of nitrogens with one attached hydrogen (secondary N) is 1. The van der Waals surface area contributed by atoms with Crippen molar-refractivity contribution >= 4 is 11.7 Å². The molecule has 1 unspecified atom stereocenters. The number of nitrogens with zero attached hydrogens (tertiary/aromatic N) is 1. The molecule has 0 saturated carbocycles. The van der Waals surface area contributed by atoms with E-state index in [4.69, 9.17) is 5.11 Å². The van der Waals surface area contributed by atoms with Crippen molar-refractivity contribution in [2.75, 3.05) is 6.54 Å². The maximum Gasteiger partial charge on any atom is 0.320 e. The van der Waals surface area contributed by atoms with Crippen LogP contribution in [0, 0.1) is 16.0 Å². The van der Waals surface area contributed by atoms with Crippen LogP contribution in [0.15, 0.2) is 24.3 Å². The maximum absolute atomic E-state index is 11.0. The Bertz CT molecular complexity index is 442. The predicted molar refractivity (Wildman–Crippen MR) is 71.1 cm³/mol. The first-order valence-corrected chi connectivity index (χ1v) is 6.11. The molecular formula is C13H18N2O4. The average Bonchev–Trinajstić information content (AvgIpc) is 2.34. The molecule has 104 valence electrons. The van der Waals surface area contributed by atoms with Gasteiger partial charge in [0, 0.05) is 12.1 Å². The smallest absolute Gasteiger partial charge is 0.320 e. The van der Waals surface area contributed by atoms with Gasteiger partial charge in [-0.2, -0.15) is 0 Å². The van der Waals surface area contributed by atoms with E-state index in [0.29, 0.717) is 13.0 Å². The van der Waals surface area contributed by atoms with E-state index in [1.165, 1.54) is 12.1 Å². The molecule has 0 heterocycles. The lowest BCUT2D eigenvalue weighted by Crippen LogP contribution is -2.41. The van der Waals surface area contributed by atoms with Gasteiger partial charge in [0.2, 0.25) is 0 Å². The van der Waals surface area contributed by atoms with Crippen LogP contribution in [0.5, 0.6) is 0 Å². The zero-order valence-corrected chi connectivity index (χ0v) is 11.0. The molecule has 0 bridgehead atoms. The van der Waals surface area contributed by atoms with E-state index in [0.717, 1.165) is 5.56 Å². The zero-order chi connectivity index (χ0) is 14.4. The van der Waals surface area contributed by atoms with Gasteiger partial charge in [0.25, 0.3) is 5.69 Å². The minimum absolute atomic E-state index is 0.00867. The fourth-order valence-corrected chi connectivity index (χ4v) is 1.76. The van der Waals surface area contributed by atoms with Gasteiger partial charge in [0.15, 0.2) is 0 Å². The van der Waals surface area contributed by atoms with E-state index in [1.54, 1.807) is 12.1 Å². The minimum Gasteiger partial charge on any atom is -0.480 e. The number of carbonyl (C=O) groups is 1. The Morgan fingerprint density at radius 2 is 1.95 bits per heavy atom. The van der Waals surface area contributed by atoms with Crippen molar-refractivity contribution in [1.82, 2.24) is 5.32 Å². The molecule has 1 atom stereocenters. The molecule has 0 radical (unpaired) electrons. The van der Waals surface area contributed by atoms with Crippen molar-refractivity contribution in [3.05, 3.63) is 39.9 Å². The van der Waals surface area contributed by atoms with Crippen LogP contribution in [-0.4, -0.2) is 28.6 Å². The number of aliphatic carboxylic acids is 1. The molecule has 1 aromatic carbocycles. The van der Waals surface area contributed by atoms with E-state index in [1.807, 2.05) is 13.8 Å². The number of rotatable bonds is 7. The number of carboxylic acid groups (broad SMARTS) is 1. The van der Waals surface area contributed by atoms with E-state index < -0.39 is 16.9 Å². The van der Waals surface area contributed by atoms with E-state index in [2.05, 4.69) is 5.32 Å². The molecule has 0 aliphatic carbocycles. The van der Waals surface area contributed by atoms with Crippen molar-refractivity contribution in [2.24, 2.45) is 5.92 Å². The predicted octanol–water partition coefficient (Wildman–Crippen LogP) is 1.84. The normalized spacial score (nSPS) is 12.4. The third kappa shape index (κ3) is 4.67. The quantitative estimate of drug-likeness (QED) is 0.580. The first-order chi connectivity index (χ1) is 8.91. The molecule has 6 nitrogen and oxygen atoms in total. The lowest BCUT2D eigenvalue weighted by atomic mass is 10.0. The van der Waals surface area contributed by atoms with Crippen LogP contribution in [0.25, 0.3) is 0 Å². The Morgan fingerprint density at radius 1 is 1.37 bits per heavy atom. The molecule has 1 aromatic rings. The Balaban J connectivity index is 2.48. The summed E-state index contributed by atoms with van der Waals surface area (Å²) in [6.07, 6.45) is 0.633. The molecule has 1 rings (SSSR count). The van der Waals surface area contributed by atoms with Crippen LogP contribution in [0.1, 0.15) is 19.4 Å². The molecule has 0 aromatic heterocycles. The number of nitro benzene ring substituents is 1. The lowest BCUT2D eigenvalue weighted by molar-refractivity contribution is -0.384. The second-order valence-corrected chi connectivity index (χ2v) is 4.69. The van der Waals surface area contributed by atoms with Crippen LogP contribution in [0.2, 0.25) is 0 Å². The van der Waals surface area contributed by atoms with Crippen molar-refractivity contribution in [3.63, 3.8) is 0 Å². The Morgan fingerprint density at radius 3 is 2.37 bits per heavy atom. The Kier molecular flexibility index (Phi) is 5.44. The lowest BCUT2D eigenvalue weighted by Gasteiger charge is -2.17. The molecule has 0 spiro atoms. The topological polar surface area (TPSA) is 92.5 Å². The molecule has 6 heteroatoms.